The van der Waals surface area contributed by atoms with Crippen LogP contribution < -0.4 is 10.6 Å². The first-order valence-electron chi connectivity index (χ1n) is 8.08. The Morgan fingerprint density at radius 1 is 1.38 bits per heavy atom. The average Bonchev–Trinajstić information content (AvgIpc) is 3.14. The minimum atomic E-state index is 0.0769. The Bertz CT molecular complexity index is 478. The van der Waals surface area contributed by atoms with Crippen LogP contribution in [0.5, 0.6) is 0 Å². The van der Waals surface area contributed by atoms with Crippen molar-refractivity contribution in [2.24, 2.45) is 5.92 Å². The van der Waals surface area contributed by atoms with Crippen molar-refractivity contribution in [1.82, 2.24) is 20.1 Å². The summed E-state index contributed by atoms with van der Waals surface area (Å²) in [5.41, 5.74) is 0.813. The summed E-state index contributed by atoms with van der Waals surface area (Å²) in [6, 6.07) is 4.39. The fourth-order valence-electron chi connectivity index (χ4n) is 3.51. The van der Waals surface area contributed by atoms with Gasteiger partial charge in [-0.1, -0.05) is 0 Å². The van der Waals surface area contributed by atoms with Crippen LogP contribution in [0.3, 0.4) is 0 Å². The van der Waals surface area contributed by atoms with E-state index < -0.39 is 0 Å². The molecule has 0 aromatic carbocycles. The van der Waals surface area contributed by atoms with E-state index in [4.69, 9.17) is 0 Å². The molecule has 0 bridgehead atoms. The highest BCUT2D eigenvalue weighted by atomic mass is 16.1. The van der Waals surface area contributed by atoms with Crippen molar-refractivity contribution >= 4 is 5.91 Å². The van der Waals surface area contributed by atoms with Gasteiger partial charge >= 0.3 is 0 Å². The Kier molecular flexibility index (Phi) is 4.60. The number of amides is 1. The molecule has 2 fully saturated rings. The number of carbonyl (C=O) groups is 1. The van der Waals surface area contributed by atoms with Crippen LogP contribution >= 0.6 is 0 Å². The lowest BCUT2D eigenvalue weighted by Crippen LogP contribution is -2.34. The van der Waals surface area contributed by atoms with E-state index in [1.54, 1.807) is 0 Å². The summed E-state index contributed by atoms with van der Waals surface area (Å²) in [7, 11) is 2.14. The van der Waals surface area contributed by atoms with Gasteiger partial charge in [-0.3, -0.25) is 4.79 Å². The molecule has 5 nitrogen and oxygen atoms in total. The van der Waals surface area contributed by atoms with E-state index in [-0.39, 0.29) is 5.91 Å². The van der Waals surface area contributed by atoms with Crippen molar-refractivity contribution in [2.75, 3.05) is 39.8 Å². The molecule has 2 aliphatic heterocycles. The van der Waals surface area contributed by atoms with Crippen molar-refractivity contribution in [1.29, 1.82) is 0 Å². The van der Waals surface area contributed by atoms with Crippen LogP contribution in [0.25, 0.3) is 0 Å². The van der Waals surface area contributed by atoms with Crippen LogP contribution in [0, 0.1) is 5.92 Å². The van der Waals surface area contributed by atoms with Crippen LogP contribution in [0.2, 0.25) is 0 Å². The minimum absolute atomic E-state index is 0.0769. The van der Waals surface area contributed by atoms with Crippen LogP contribution in [0.15, 0.2) is 18.3 Å². The highest BCUT2D eigenvalue weighted by molar-refractivity contribution is 5.92. The van der Waals surface area contributed by atoms with Crippen molar-refractivity contribution in [3.05, 3.63) is 24.0 Å². The molecule has 1 aromatic rings. The molecule has 5 heteroatoms. The van der Waals surface area contributed by atoms with Gasteiger partial charge in [0.15, 0.2) is 0 Å². The average molecular weight is 290 g/mol. The lowest BCUT2D eigenvalue weighted by Gasteiger charge is -2.26. The maximum atomic E-state index is 12.4. The van der Waals surface area contributed by atoms with E-state index in [2.05, 4.69) is 27.1 Å². The molecule has 0 aliphatic carbocycles. The zero-order chi connectivity index (χ0) is 14.7. The number of rotatable bonds is 4. The predicted octanol–water partition coefficient (Wildman–Crippen LogP) is 1.09. The van der Waals surface area contributed by atoms with E-state index in [9.17, 15) is 4.79 Å². The first kappa shape index (κ1) is 14.6. The Hall–Kier alpha value is -1.33. The summed E-state index contributed by atoms with van der Waals surface area (Å²) >= 11 is 0. The summed E-state index contributed by atoms with van der Waals surface area (Å²) in [5, 5.41) is 6.50. The molecule has 1 unspecified atom stereocenters. The second-order valence-electron chi connectivity index (χ2n) is 6.41. The third-order valence-electron chi connectivity index (χ3n) is 4.75. The molecule has 3 rings (SSSR count). The van der Waals surface area contributed by atoms with Gasteiger partial charge in [-0.15, -0.1) is 0 Å². The van der Waals surface area contributed by atoms with Gasteiger partial charge < -0.3 is 20.1 Å². The van der Waals surface area contributed by atoms with Crippen LogP contribution in [0.4, 0.5) is 0 Å². The standard InChI is InChI=1S/C16H26N4O/c1-19-10-6-13(12-19)11-18-16(21)15-3-2-9-20(15)14-4-7-17-8-5-14/h2-3,9,13-14,17H,4-8,10-12H2,1H3,(H,18,21). The minimum Gasteiger partial charge on any atom is -0.350 e. The second-order valence-corrected chi connectivity index (χ2v) is 6.41. The second kappa shape index (κ2) is 6.62. The van der Waals surface area contributed by atoms with E-state index in [1.165, 1.54) is 6.42 Å². The number of nitrogens with one attached hydrogen (secondary N) is 2. The molecule has 1 amide bonds. The van der Waals surface area contributed by atoms with Crippen LogP contribution in [-0.4, -0.2) is 55.1 Å². The third-order valence-corrected chi connectivity index (χ3v) is 4.75. The maximum absolute atomic E-state index is 12.4. The van der Waals surface area contributed by atoms with Gasteiger partial charge in [-0.05, 0) is 64.0 Å². The van der Waals surface area contributed by atoms with Crippen molar-refractivity contribution in [2.45, 2.75) is 25.3 Å². The van der Waals surface area contributed by atoms with Crippen LogP contribution in [-0.2, 0) is 0 Å². The molecule has 0 radical (unpaired) electrons. The maximum Gasteiger partial charge on any atom is 0.267 e. The topological polar surface area (TPSA) is 49.3 Å². The lowest BCUT2D eigenvalue weighted by atomic mass is 10.1. The van der Waals surface area contributed by atoms with Gasteiger partial charge in [0.25, 0.3) is 5.91 Å². The molecule has 1 aromatic heterocycles. The smallest absolute Gasteiger partial charge is 0.267 e. The molecule has 3 heterocycles. The van der Waals surface area contributed by atoms with Gasteiger partial charge in [0, 0.05) is 25.3 Å². The molecule has 0 saturated carbocycles. The lowest BCUT2D eigenvalue weighted by molar-refractivity contribution is 0.0934. The first-order chi connectivity index (χ1) is 10.2. The molecular formula is C16H26N4O. The van der Waals surface area contributed by atoms with Gasteiger partial charge in [0.05, 0.1) is 0 Å². The molecule has 0 spiro atoms. The van der Waals surface area contributed by atoms with E-state index in [0.29, 0.717) is 12.0 Å². The first-order valence-corrected chi connectivity index (χ1v) is 8.08. The number of aromatic nitrogens is 1. The van der Waals surface area contributed by atoms with Crippen molar-refractivity contribution in [3.63, 3.8) is 0 Å². The SMILES string of the molecule is CN1CCC(CNC(=O)c2cccn2C2CCNCC2)C1. The molecular weight excluding hydrogens is 264 g/mol. The summed E-state index contributed by atoms with van der Waals surface area (Å²) in [5.74, 6) is 0.675. The fraction of sp³-hybridized carbons (Fsp3) is 0.688. The Balaban J connectivity index is 1.58. The third kappa shape index (κ3) is 3.47. The summed E-state index contributed by atoms with van der Waals surface area (Å²) in [6.45, 7) is 5.11. The van der Waals surface area contributed by atoms with Crippen molar-refractivity contribution in [3.8, 4) is 0 Å². The van der Waals surface area contributed by atoms with E-state index >= 15 is 0 Å². The number of hydrogen-bond donors (Lipinski definition) is 2. The number of hydrogen-bond acceptors (Lipinski definition) is 3. The number of likely N-dealkylation sites (tertiary alicyclic amines) is 1. The summed E-state index contributed by atoms with van der Waals surface area (Å²) < 4.78 is 2.16. The zero-order valence-corrected chi connectivity index (χ0v) is 12.8. The Morgan fingerprint density at radius 2 is 2.19 bits per heavy atom. The monoisotopic (exact) mass is 290 g/mol. The summed E-state index contributed by atoms with van der Waals surface area (Å²) in [6.07, 6.45) is 5.44. The number of piperidine rings is 1. The Labute approximate surface area is 126 Å². The van der Waals surface area contributed by atoms with Gasteiger partial charge in [-0.2, -0.15) is 0 Å². The number of nitrogens with zero attached hydrogens (tertiary/aromatic N) is 2. The molecule has 2 aliphatic rings. The van der Waals surface area contributed by atoms with Gasteiger partial charge in [0.1, 0.15) is 5.69 Å². The van der Waals surface area contributed by atoms with Gasteiger partial charge in [-0.25, -0.2) is 0 Å². The van der Waals surface area contributed by atoms with E-state index in [1.807, 2.05) is 18.3 Å². The fourth-order valence-corrected chi connectivity index (χ4v) is 3.51. The quantitative estimate of drug-likeness (QED) is 0.873. The molecule has 1 atom stereocenters. The Morgan fingerprint density at radius 3 is 2.90 bits per heavy atom. The van der Waals surface area contributed by atoms with Crippen LogP contribution in [0.1, 0.15) is 35.8 Å². The summed E-state index contributed by atoms with van der Waals surface area (Å²) in [4.78, 5) is 14.8. The van der Waals surface area contributed by atoms with Gasteiger partial charge in [0.2, 0.25) is 0 Å². The number of carbonyl (C=O) groups excluding carboxylic acids is 1. The highest BCUT2D eigenvalue weighted by Crippen LogP contribution is 2.21. The molecule has 21 heavy (non-hydrogen) atoms. The molecule has 2 saturated heterocycles. The molecule has 116 valence electrons. The predicted molar refractivity (Wildman–Crippen MR) is 83.5 cm³/mol. The normalized spacial score (nSPS) is 24.3. The molecule has 2 N–H and O–H groups in total. The zero-order valence-electron chi connectivity index (χ0n) is 12.8. The largest absolute Gasteiger partial charge is 0.350 e. The van der Waals surface area contributed by atoms with Crippen molar-refractivity contribution < 1.29 is 4.79 Å². The highest BCUT2D eigenvalue weighted by Gasteiger charge is 2.22. The van der Waals surface area contributed by atoms with E-state index in [0.717, 1.165) is 51.3 Å².